The fourth-order valence-corrected chi connectivity index (χ4v) is 2.95. The van der Waals surface area contributed by atoms with Crippen LogP contribution in [0.15, 0.2) is 24.3 Å². The number of carbonyl (C=O) groups excluding carboxylic acids is 2. The Hall–Kier alpha value is -1.88. The molecule has 2 amide bonds. The second-order valence-electron chi connectivity index (χ2n) is 5.53. The predicted molar refractivity (Wildman–Crippen MR) is 75.0 cm³/mol. The first-order valence-corrected chi connectivity index (χ1v) is 7.01. The van der Waals surface area contributed by atoms with E-state index in [1.165, 1.54) is 5.56 Å². The van der Waals surface area contributed by atoms with E-state index in [0.29, 0.717) is 19.6 Å². The van der Waals surface area contributed by atoms with E-state index in [1.54, 1.807) is 9.80 Å². The van der Waals surface area contributed by atoms with Crippen molar-refractivity contribution in [2.75, 3.05) is 26.2 Å². The third-order valence-electron chi connectivity index (χ3n) is 3.97. The van der Waals surface area contributed by atoms with Crippen molar-refractivity contribution in [3.8, 4) is 0 Å². The molecule has 0 radical (unpaired) electrons. The van der Waals surface area contributed by atoms with Gasteiger partial charge in [-0.2, -0.15) is 0 Å². The minimum atomic E-state index is -0.371. The van der Waals surface area contributed by atoms with Gasteiger partial charge >= 0.3 is 11.8 Å². The summed E-state index contributed by atoms with van der Waals surface area (Å²) in [6.45, 7) is 5.33. The van der Waals surface area contributed by atoms with Gasteiger partial charge in [0.15, 0.2) is 0 Å². The second kappa shape index (κ2) is 5.25. The Morgan fingerprint density at radius 2 is 2.15 bits per heavy atom. The molecule has 2 saturated heterocycles. The van der Waals surface area contributed by atoms with Crippen LogP contribution in [-0.2, 0) is 16.1 Å². The van der Waals surface area contributed by atoms with Crippen molar-refractivity contribution in [1.29, 1.82) is 0 Å². The molecule has 5 heteroatoms. The quantitative estimate of drug-likeness (QED) is 0.780. The zero-order chi connectivity index (χ0) is 14.1. The van der Waals surface area contributed by atoms with Crippen LogP contribution < -0.4 is 5.32 Å². The number of hydrogen-bond acceptors (Lipinski definition) is 3. The monoisotopic (exact) mass is 273 g/mol. The van der Waals surface area contributed by atoms with Gasteiger partial charge in [0.2, 0.25) is 0 Å². The van der Waals surface area contributed by atoms with Crippen molar-refractivity contribution in [2.24, 2.45) is 0 Å². The number of rotatable bonds is 2. The van der Waals surface area contributed by atoms with Gasteiger partial charge in [-0.15, -0.1) is 0 Å². The summed E-state index contributed by atoms with van der Waals surface area (Å²) in [5.41, 5.74) is 2.24. The van der Waals surface area contributed by atoms with Crippen molar-refractivity contribution in [1.82, 2.24) is 15.1 Å². The minimum Gasteiger partial charge on any atom is -0.328 e. The molecule has 2 aliphatic heterocycles. The molecule has 3 rings (SSSR count). The highest BCUT2D eigenvalue weighted by Crippen LogP contribution is 2.17. The first kappa shape index (κ1) is 13.1. The number of nitrogens with zero attached hydrogens (tertiary/aromatic N) is 2. The Bertz CT molecular complexity index is 544. The van der Waals surface area contributed by atoms with E-state index >= 15 is 0 Å². The Morgan fingerprint density at radius 3 is 2.95 bits per heavy atom. The van der Waals surface area contributed by atoms with Crippen LogP contribution in [0.4, 0.5) is 0 Å². The van der Waals surface area contributed by atoms with E-state index in [2.05, 4.69) is 11.4 Å². The highest BCUT2D eigenvalue weighted by molar-refractivity contribution is 6.35. The largest absolute Gasteiger partial charge is 0.328 e. The van der Waals surface area contributed by atoms with E-state index in [4.69, 9.17) is 0 Å². The number of carbonyl (C=O) groups is 2. The lowest BCUT2D eigenvalue weighted by atomic mass is 10.1. The first-order chi connectivity index (χ1) is 9.65. The number of nitrogens with one attached hydrogen (secondary N) is 1. The fourth-order valence-electron chi connectivity index (χ4n) is 2.95. The van der Waals surface area contributed by atoms with E-state index in [-0.39, 0.29) is 17.9 Å². The average Bonchev–Trinajstić information content (AvgIpc) is 2.45. The summed E-state index contributed by atoms with van der Waals surface area (Å²) in [7, 11) is 0. The Kier molecular flexibility index (Phi) is 3.44. The van der Waals surface area contributed by atoms with Crippen LogP contribution in [0.3, 0.4) is 0 Å². The lowest BCUT2D eigenvalue weighted by molar-refractivity contribution is -0.160. The number of amides is 2. The number of piperazine rings is 2. The van der Waals surface area contributed by atoms with E-state index < -0.39 is 0 Å². The molecule has 2 heterocycles. The van der Waals surface area contributed by atoms with Crippen LogP contribution in [0.2, 0.25) is 0 Å². The molecule has 1 aromatic rings. The van der Waals surface area contributed by atoms with Gasteiger partial charge in [0.1, 0.15) is 0 Å². The van der Waals surface area contributed by atoms with Crippen molar-refractivity contribution in [3.63, 3.8) is 0 Å². The van der Waals surface area contributed by atoms with Crippen molar-refractivity contribution >= 4 is 11.8 Å². The normalized spacial score (nSPS) is 22.9. The fraction of sp³-hybridized carbons (Fsp3) is 0.467. The molecule has 5 nitrogen and oxygen atoms in total. The summed E-state index contributed by atoms with van der Waals surface area (Å²) in [5, 5.41) is 3.28. The van der Waals surface area contributed by atoms with Gasteiger partial charge in [0.25, 0.3) is 0 Å². The average molecular weight is 273 g/mol. The molecule has 1 aromatic carbocycles. The van der Waals surface area contributed by atoms with Crippen LogP contribution in [0.5, 0.6) is 0 Å². The molecule has 2 aliphatic rings. The Labute approximate surface area is 118 Å². The molecule has 0 saturated carbocycles. The van der Waals surface area contributed by atoms with Crippen molar-refractivity contribution in [3.05, 3.63) is 35.4 Å². The van der Waals surface area contributed by atoms with Crippen LogP contribution in [0.1, 0.15) is 11.1 Å². The van der Waals surface area contributed by atoms with Crippen LogP contribution in [-0.4, -0.2) is 53.8 Å². The summed E-state index contributed by atoms with van der Waals surface area (Å²) < 4.78 is 0. The minimum absolute atomic E-state index is 0.110. The van der Waals surface area contributed by atoms with E-state index in [0.717, 1.165) is 18.7 Å². The maximum Gasteiger partial charge on any atom is 0.312 e. The highest BCUT2D eigenvalue weighted by Gasteiger charge is 2.39. The molecule has 0 bridgehead atoms. The van der Waals surface area contributed by atoms with Gasteiger partial charge in [0, 0.05) is 32.7 Å². The molecule has 20 heavy (non-hydrogen) atoms. The molecule has 0 aromatic heterocycles. The highest BCUT2D eigenvalue weighted by atomic mass is 16.2. The van der Waals surface area contributed by atoms with Gasteiger partial charge in [-0.1, -0.05) is 29.8 Å². The molecule has 1 N–H and O–H groups in total. The summed E-state index contributed by atoms with van der Waals surface area (Å²) in [5.74, 6) is -0.722. The molecular weight excluding hydrogens is 254 g/mol. The van der Waals surface area contributed by atoms with Gasteiger partial charge in [-0.05, 0) is 12.5 Å². The molecular formula is C15H19N3O2. The molecule has 0 aliphatic carbocycles. The number of benzene rings is 1. The van der Waals surface area contributed by atoms with Gasteiger partial charge < -0.3 is 15.1 Å². The van der Waals surface area contributed by atoms with E-state index in [9.17, 15) is 9.59 Å². The third-order valence-corrected chi connectivity index (χ3v) is 3.97. The maximum absolute atomic E-state index is 12.2. The van der Waals surface area contributed by atoms with Gasteiger partial charge in [-0.3, -0.25) is 9.59 Å². The molecule has 0 spiro atoms. The zero-order valence-electron chi connectivity index (χ0n) is 11.6. The first-order valence-electron chi connectivity index (χ1n) is 7.01. The topological polar surface area (TPSA) is 52.6 Å². The van der Waals surface area contributed by atoms with Gasteiger partial charge in [0.05, 0.1) is 6.04 Å². The Balaban J connectivity index is 1.76. The number of fused-ring (bicyclic) bond motifs is 1. The lowest BCUT2D eigenvalue weighted by Gasteiger charge is -2.43. The maximum atomic E-state index is 12.2. The summed E-state index contributed by atoms with van der Waals surface area (Å²) in [4.78, 5) is 27.7. The molecule has 106 valence electrons. The zero-order valence-corrected chi connectivity index (χ0v) is 11.6. The second-order valence-corrected chi connectivity index (χ2v) is 5.53. The smallest absolute Gasteiger partial charge is 0.312 e. The van der Waals surface area contributed by atoms with Crippen molar-refractivity contribution < 1.29 is 9.59 Å². The van der Waals surface area contributed by atoms with E-state index in [1.807, 2.05) is 25.1 Å². The molecule has 2 fully saturated rings. The van der Waals surface area contributed by atoms with Crippen molar-refractivity contribution in [2.45, 2.75) is 19.5 Å². The summed E-state index contributed by atoms with van der Waals surface area (Å²) in [6.07, 6.45) is 0. The SMILES string of the molecule is Cc1cccc(CN2CC3CNCCN3C(=O)C2=O)c1. The molecule has 1 atom stereocenters. The third kappa shape index (κ3) is 2.41. The standard InChI is InChI=1S/C15H19N3O2/c1-11-3-2-4-12(7-11)9-17-10-13-8-16-5-6-18(13)15(20)14(17)19/h2-4,7,13,16H,5-6,8-10H2,1H3. The predicted octanol–water partition coefficient (Wildman–Crippen LogP) is 0.138. The van der Waals surface area contributed by atoms with Crippen LogP contribution in [0.25, 0.3) is 0 Å². The lowest BCUT2D eigenvalue weighted by Crippen LogP contribution is -2.65. The summed E-state index contributed by atoms with van der Waals surface area (Å²) >= 11 is 0. The number of hydrogen-bond donors (Lipinski definition) is 1. The van der Waals surface area contributed by atoms with Crippen LogP contribution in [0, 0.1) is 6.92 Å². The summed E-state index contributed by atoms with van der Waals surface area (Å²) in [6, 6.07) is 8.17. The van der Waals surface area contributed by atoms with Gasteiger partial charge in [-0.25, -0.2) is 0 Å². The molecule has 1 unspecified atom stereocenters. The van der Waals surface area contributed by atoms with Crippen LogP contribution >= 0.6 is 0 Å². The number of aryl methyl sites for hydroxylation is 1. The Morgan fingerprint density at radius 1 is 1.30 bits per heavy atom.